The van der Waals surface area contributed by atoms with Gasteiger partial charge in [0, 0.05) is 37.3 Å². The molecular formula is C33H45NO5. The third-order valence-corrected chi connectivity index (χ3v) is 7.97. The van der Waals surface area contributed by atoms with Gasteiger partial charge in [-0.15, -0.1) is 0 Å². The van der Waals surface area contributed by atoms with Crippen LogP contribution in [0.4, 0.5) is 0 Å². The quantitative estimate of drug-likeness (QED) is 0.240. The SMILES string of the molecule is CC(C)(C)c1ccc(C(=O)CCCCCC(=O)C[C@H](CN2CCCC2)[C@H](O)c2ccc3c(c2)OCCO3)cc1. The van der Waals surface area contributed by atoms with Crippen LogP contribution >= 0.6 is 0 Å². The van der Waals surface area contributed by atoms with Crippen LogP contribution in [-0.2, 0) is 10.2 Å². The monoisotopic (exact) mass is 535 g/mol. The van der Waals surface area contributed by atoms with E-state index in [9.17, 15) is 14.7 Å². The number of nitrogens with zero attached hydrogens (tertiary/aromatic N) is 1. The highest BCUT2D eigenvalue weighted by Crippen LogP contribution is 2.36. The van der Waals surface area contributed by atoms with E-state index >= 15 is 0 Å². The Kier molecular flexibility index (Phi) is 10.2. The predicted octanol–water partition coefficient (Wildman–Crippen LogP) is 6.29. The number of ether oxygens (including phenoxy) is 2. The molecule has 0 aromatic heterocycles. The molecule has 2 aliphatic heterocycles. The lowest BCUT2D eigenvalue weighted by Crippen LogP contribution is -2.31. The van der Waals surface area contributed by atoms with Gasteiger partial charge in [-0.25, -0.2) is 0 Å². The van der Waals surface area contributed by atoms with Crippen LogP contribution in [0.2, 0.25) is 0 Å². The van der Waals surface area contributed by atoms with E-state index < -0.39 is 6.10 Å². The molecule has 0 spiro atoms. The minimum absolute atomic E-state index is 0.0710. The number of aliphatic hydroxyl groups is 1. The number of unbranched alkanes of at least 4 members (excludes halogenated alkanes) is 2. The molecule has 4 rings (SSSR count). The van der Waals surface area contributed by atoms with Crippen LogP contribution in [-0.4, -0.2) is 54.4 Å². The summed E-state index contributed by atoms with van der Waals surface area (Å²) in [6.45, 7) is 10.3. The molecule has 0 saturated carbocycles. The van der Waals surface area contributed by atoms with Crippen molar-refractivity contribution in [2.45, 2.75) is 83.7 Å². The van der Waals surface area contributed by atoms with E-state index in [1.54, 1.807) is 0 Å². The zero-order valence-electron chi connectivity index (χ0n) is 23.9. The van der Waals surface area contributed by atoms with Gasteiger partial charge >= 0.3 is 0 Å². The highest BCUT2D eigenvalue weighted by Gasteiger charge is 2.28. The van der Waals surface area contributed by atoms with Gasteiger partial charge in [-0.1, -0.05) is 57.5 Å². The molecule has 2 aromatic carbocycles. The third kappa shape index (κ3) is 8.39. The van der Waals surface area contributed by atoms with Crippen molar-refractivity contribution in [3.63, 3.8) is 0 Å². The van der Waals surface area contributed by atoms with Crippen molar-refractivity contribution in [2.24, 2.45) is 5.92 Å². The van der Waals surface area contributed by atoms with Crippen molar-refractivity contribution in [1.29, 1.82) is 0 Å². The predicted molar refractivity (Wildman–Crippen MR) is 154 cm³/mol. The Bertz CT molecular complexity index is 1100. The molecule has 0 unspecified atom stereocenters. The summed E-state index contributed by atoms with van der Waals surface area (Å²) in [6, 6.07) is 13.5. The van der Waals surface area contributed by atoms with Crippen LogP contribution in [0.15, 0.2) is 42.5 Å². The van der Waals surface area contributed by atoms with Gasteiger partial charge in [-0.2, -0.15) is 0 Å². The van der Waals surface area contributed by atoms with Crippen LogP contribution in [0.3, 0.4) is 0 Å². The Hall–Kier alpha value is -2.70. The molecule has 1 N–H and O–H groups in total. The molecule has 0 aliphatic carbocycles. The maximum atomic E-state index is 13.0. The second kappa shape index (κ2) is 13.6. The summed E-state index contributed by atoms with van der Waals surface area (Å²) < 4.78 is 11.3. The highest BCUT2D eigenvalue weighted by atomic mass is 16.6. The van der Waals surface area contributed by atoms with E-state index in [1.165, 1.54) is 18.4 Å². The first-order chi connectivity index (χ1) is 18.7. The van der Waals surface area contributed by atoms with Gasteiger partial charge in [-0.05, 0) is 67.4 Å². The molecule has 39 heavy (non-hydrogen) atoms. The molecular weight excluding hydrogens is 490 g/mol. The zero-order valence-corrected chi connectivity index (χ0v) is 23.9. The molecule has 2 aliphatic rings. The smallest absolute Gasteiger partial charge is 0.162 e. The van der Waals surface area contributed by atoms with Gasteiger partial charge < -0.3 is 19.5 Å². The summed E-state index contributed by atoms with van der Waals surface area (Å²) in [4.78, 5) is 27.9. The van der Waals surface area contributed by atoms with Crippen LogP contribution in [0.1, 0.15) is 99.7 Å². The summed E-state index contributed by atoms with van der Waals surface area (Å²) in [7, 11) is 0. The van der Waals surface area contributed by atoms with E-state index in [1.807, 2.05) is 42.5 Å². The van der Waals surface area contributed by atoms with Gasteiger partial charge in [0.2, 0.25) is 0 Å². The van der Waals surface area contributed by atoms with Crippen molar-refractivity contribution < 1.29 is 24.2 Å². The first kappa shape index (κ1) is 29.3. The molecule has 2 aromatic rings. The van der Waals surface area contributed by atoms with Crippen LogP contribution in [0, 0.1) is 5.92 Å². The van der Waals surface area contributed by atoms with Crippen LogP contribution in [0.25, 0.3) is 0 Å². The molecule has 2 heterocycles. The first-order valence-corrected chi connectivity index (χ1v) is 14.7. The maximum absolute atomic E-state index is 13.0. The van der Waals surface area contributed by atoms with E-state index in [0.717, 1.165) is 43.5 Å². The Labute approximate surface area is 233 Å². The van der Waals surface area contributed by atoms with Crippen LogP contribution in [0.5, 0.6) is 11.5 Å². The molecule has 6 heteroatoms. The number of carbonyl (C=O) groups excluding carboxylic acids is 2. The number of hydrogen-bond donors (Lipinski definition) is 1. The standard InChI is InChI=1S/C33H45NO5/c1-33(2,3)27-14-11-24(12-15-27)29(36)10-6-4-5-9-28(35)21-26(23-34-17-7-8-18-34)32(37)25-13-16-30-31(22-25)39-20-19-38-30/h11-16,22,26,32,37H,4-10,17-21,23H2,1-3H3/t26-,32-/m1/s1. The number of fused-ring (bicyclic) bond motifs is 1. The lowest BCUT2D eigenvalue weighted by atomic mass is 9.86. The Morgan fingerprint density at radius 2 is 1.56 bits per heavy atom. The summed E-state index contributed by atoms with van der Waals surface area (Å²) in [6.07, 6.45) is 5.33. The van der Waals surface area contributed by atoms with Crippen molar-refractivity contribution >= 4 is 11.6 Å². The summed E-state index contributed by atoms with van der Waals surface area (Å²) >= 11 is 0. The van der Waals surface area contributed by atoms with Gasteiger partial charge in [0.05, 0.1) is 6.10 Å². The number of Topliss-reactive ketones (excluding diaryl/α,β-unsaturated/α-hetero) is 2. The zero-order chi connectivity index (χ0) is 27.8. The Balaban J connectivity index is 1.25. The van der Waals surface area contributed by atoms with Gasteiger partial charge in [0.25, 0.3) is 0 Å². The fourth-order valence-corrected chi connectivity index (χ4v) is 5.57. The van der Waals surface area contributed by atoms with Crippen molar-refractivity contribution in [2.75, 3.05) is 32.8 Å². The Morgan fingerprint density at radius 1 is 0.897 bits per heavy atom. The van der Waals surface area contributed by atoms with Crippen molar-refractivity contribution in [3.05, 3.63) is 59.2 Å². The molecule has 1 fully saturated rings. The number of aliphatic hydroxyl groups excluding tert-OH is 1. The minimum atomic E-state index is -0.743. The topological polar surface area (TPSA) is 76.1 Å². The highest BCUT2D eigenvalue weighted by molar-refractivity contribution is 5.96. The second-order valence-corrected chi connectivity index (χ2v) is 12.2. The number of rotatable bonds is 13. The van der Waals surface area contributed by atoms with E-state index in [0.29, 0.717) is 50.5 Å². The second-order valence-electron chi connectivity index (χ2n) is 12.2. The minimum Gasteiger partial charge on any atom is -0.486 e. The average Bonchev–Trinajstić information content (AvgIpc) is 3.44. The fraction of sp³-hybridized carbons (Fsp3) is 0.576. The van der Waals surface area contributed by atoms with Crippen LogP contribution < -0.4 is 9.47 Å². The summed E-state index contributed by atoms with van der Waals surface area (Å²) in [5.74, 6) is 1.53. The fourth-order valence-electron chi connectivity index (χ4n) is 5.57. The molecule has 0 amide bonds. The normalized spacial score (nSPS) is 17.1. The molecule has 0 radical (unpaired) electrons. The number of ketones is 2. The van der Waals surface area contributed by atoms with Crippen molar-refractivity contribution in [1.82, 2.24) is 4.90 Å². The molecule has 1 saturated heterocycles. The molecule has 0 bridgehead atoms. The Morgan fingerprint density at radius 3 is 2.26 bits per heavy atom. The molecule has 212 valence electrons. The number of hydrogen-bond acceptors (Lipinski definition) is 6. The average molecular weight is 536 g/mol. The number of carbonyl (C=O) groups is 2. The number of likely N-dealkylation sites (tertiary alicyclic amines) is 1. The summed E-state index contributed by atoms with van der Waals surface area (Å²) in [5, 5.41) is 11.3. The van der Waals surface area contributed by atoms with E-state index in [-0.39, 0.29) is 22.9 Å². The maximum Gasteiger partial charge on any atom is 0.162 e. The van der Waals surface area contributed by atoms with E-state index in [4.69, 9.17) is 9.47 Å². The van der Waals surface area contributed by atoms with E-state index in [2.05, 4.69) is 25.7 Å². The number of benzene rings is 2. The lowest BCUT2D eigenvalue weighted by Gasteiger charge is -2.28. The molecule has 6 nitrogen and oxygen atoms in total. The third-order valence-electron chi connectivity index (χ3n) is 7.97. The van der Waals surface area contributed by atoms with Gasteiger partial charge in [-0.3, -0.25) is 9.59 Å². The van der Waals surface area contributed by atoms with Gasteiger partial charge in [0.1, 0.15) is 19.0 Å². The van der Waals surface area contributed by atoms with Gasteiger partial charge in [0.15, 0.2) is 17.3 Å². The largest absolute Gasteiger partial charge is 0.486 e. The first-order valence-electron chi connectivity index (χ1n) is 14.7. The van der Waals surface area contributed by atoms with Crippen molar-refractivity contribution in [3.8, 4) is 11.5 Å². The summed E-state index contributed by atoms with van der Waals surface area (Å²) in [5.41, 5.74) is 2.82. The molecule has 2 atom stereocenters. The lowest BCUT2D eigenvalue weighted by molar-refractivity contribution is -0.121.